The van der Waals surface area contributed by atoms with E-state index >= 15 is 0 Å². The number of nitrogens with one attached hydrogen (secondary N) is 1. The van der Waals surface area contributed by atoms with Crippen LogP contribution >= 0.6 is 35.0 Å². The van der Waals surface area contributed by atoms with Crippen molar-refractivity contribution >= 4 is 69.4 Å². The third-order valence-corrected chi connectivity index (χ3v) is 6.30. The Hall–Kier alpha value is -3.47. The molecule has 1 N–H and O–H groups in total. The third-order valence-electron chi connectivity index (χ3n) is 4.80. The van der Waals surface area contributed by atoms with E-state index in [1.54, 1.807) is 48.5 Å². The highest BCUT2D eigenvalue weighted by Crippen LogP contribution is 2.31. The minimum absolute atomic E-state index is 0.120. The Morgan fingerprint density at radius 3 is 2.41 bits per heavy atom. The molecule has 190 valence electrons. The highest BCUT2D eigenvalue weighted by atomic mass is 35.5. The number of ether oxygens (including phenoxy) is 1. The molecule has 4 rings (SSSR count). The summed E-state index contributed by atoms with van der Waals surface area (Å²) in [5.74, 6) is -1.38. The molecule has 37 heavy (non-hydrogen) atoms. The molecule has 0 bridgehead atoms. The van der Waals surface area contributed by atoms with E-state index in [4.69, 9.17) is 23.2 Å². The largest absolute Gasteiger partial charge is 0.573 e. The van der Waals surface area contributed by atoms with E-state index in [1.807, 2.05) is 0 Å². The van der Waals surface area contributed by atoms with Gasteiger partial charge in [0.1, 0.15) is 11.4 Å². The molecule has 0 aromatic heterocycles. The van der Waals surface area contributed by atoms with Crippen molar-refractivity contribution in [3.63, 3.8) is 0 Å². The highest BCUT2D eigenvalue weighted by Gasteiger charge is 2.33. The maximum absolute atomic E-state index is 13.2. The summed E-state index contributed by atoms with van der Waals surface area (Å²) in [4.78, 5) is 31.6. The molecule has 3 aromatic rings. The molecule has 12 heteroatoms. The number of hydrogen-bond acceptors (Lipinski definition) is 5. The van der Waals surface area contributed by atoms with E-state index in [0.717, 1.165) is 23.9 Å². The molecule has 1 heterocycles. The molecule has 1 aliphatic heterocycles. The smallest absolute Gasteiger partial charge is 0.406 e. The van der Waals surface area contributed by atoms with Crippen LogP contribution in [0.15, 0.2) is 83.5 Å². The second kappa shape index (κ2) is 11.3. The number of alkyl halides is 3. The minimum Gasteiger partial charge on any atom is -0.406 e. The maximum atomic E-state index is 13.2. The van der Waals surface area contributed by atoms with Gasteiger partial charge < -0.3 is 10.1 Å². The second-order valence-electron chi connectivity index (χ2n) is 7.47. The number of nitrogens with zero attached hydrogens (tertiary/aromatic N) is 2. The van der Waals surface area contributed by atoms with Crippen LogP contribution in [0.25, 0.3) is 6.08 Å². The van der Waals surface area contributed by atoms with Crippen LogP contribution in [0.5, 0.6) is 5.75 Å². The highest BCUT2D eigenvalue weighted by molar-refractivity contribution is 8.14. The predicted molar refractivity (Wildman–Crippen MR) is 140 cm³/mol. The Kier molecular flexibility index (Phi) is 8.11. The van der Waals surface area contributed by atoms with E-state index in [2.05, 4.69) is 15.0 Å². The molecular formula is C25H16Cl2F3N3O3S. The molecule has 0 aliphatic carbocycles. The number of benzene rings is 3. The lowest BCUT2D eigenvalue weighted by Gasteiger charge is -2.17. The van der Waals surface area contributed by atoms with Gasteiger partial charge in [-0.25, -0.2) is 4.99 Å². The van der Waals surface area contributed by atoms with Crippen molar-refractivity contribution in [3.8, 4) is 5.75 Å². The lowest BCUT2D eigenvalue weighted by Crippen LogP contribution is -2.31. The summed E-state index contributed by atoms with van der Waals surface area (Å²) in [6.07, 6.45) is -3.27. The molecule has 1 aliphatic rings. The summed E-state index contributed by atoms with van der Waals surface area (Å²) in [5, 5.41) is 3.66. The van der Waals surface area contributed by atoms with Crippen LogP contribution in [0.1, 0.15) is 5.56 Å². The monoisotopic (exact) mass is 565 g/mol. The number of rotatable bonds is 6. The molecule has 0 atom stereocenters. The van der Waals surface area contributed by atoms with Crippen molar-refractivity contribution in [2.75, 3.05) is 16.0 Å². The van der Waals surface area contributed by atoms with E-state index in [9.17, 15) is 22.8 Å². The average molecular weight is 566 g/mol. The zero-order chi connectivity index (χ0) is 26.6. The fraction of sp³-hybridized carbons (Fsp3) is 0.0800. The first-order chi connectivity index (χ1) is 17.6. The summed E-state index contributed by atoms with van der Waals surface area (Å²) in [5.41, 5.74) is 1.51. The fourth-order valence-electron chi connectivity index (χ4n) is 3.23. The van der Waals surface area contributed by atoms with Gasteiger partial charge in [-0.05, 0) is 60.2 Å². The van der Waals surface area contributed by atoms with Crippen molar-refractivity contribution < 1.29 is 27.5 Å². The van der Waals surface area contributed by atoms with Crippen LogP contribution in [-0.2, 0) is 9.59 Å². The fourth-order valence-corrected chi connectivity index (χ4v) is 4.51. The standard InChI is InChI=1S/C25H16Cl2F3N3O3S/c26-16-7-6-15(20(27)13-16)12-21-23(35)33(18-4-2-1-3-5-18)24(32-21)37-14-22(34)31-17-8-10-19(11-9-17)36-25(28,29)30/h1-13H,14H2,(H,31,34)/b21-12+. The summed E-state index contributed by atoms with van der Waals surface area (Å²) >= 11 is 13.2. The molecule has 0 saturated heterocycles. The van der Waals surface area contributed by atoms with Gasteiger partial charge in [0.05, 0.1) is 11.4 Å². The number of hydrogen-bond donors (Lipinski definition) is 1. The Morgan fingerprint density at radius 2 is 1.76 bits per heavy atom. The van der Waals surface area contributed by atoms with E-state index in [0.29, 0.717) is 21.3 Å². The van der Waals surface area contributed by atoms with Crippen LogP contribution in [0.3, 0.4) is 0 Å². The molecule has 0 radical (unpaired) electrons. The molecule has 6 nitrogen and oxygen atoms in total. The van der Waals surface area contributed by atoms with Crippen molar-refractivity contribution in [2.45, 2.75) is 6.36 Å². The summed E-state index contributed by atoms with van der Waals surface area (Å²) in [7, 11) is 0. The molecule has 2 amide bonds. The van der Waals surface area contributed by atoms with Crippen LogP contribution in [0, 0.1) is 0 Å². The van der Waals surface area contributed by atoms with Crippen LogP contribution in [0.4, 0.5) is 24.5 Å². The lowest BCUT2D eigenvalue weighted by molar-refractivity contribution is -0.274. The summed E-state index contributed by atoms with van der Waals surface area (Å²) in [6, 6.07) is 18.4. The first-order valence-electron chi connectivity index (χ1n) is 10.5. The Morgan fingerprint density at radius 1 is 1.05 bits per heavy atom. The summed E-state index contributed by atoms with van der Waals surface area (Å²) in [6.45, 7) is 0. The Labute approximate surface area is 223 Å². The van der Waals surface area contributed by atoms with Gasteiger partial charge in [0.2, 0.25) is 5.91 Å². The average Bonchev–Trinajstić information content (AvgIpc) is 3.15. The number of anilines is 2. The van der Waals surface area contributed by atoms with Gasteiger partial charge in [0.15, 0.2) is 5.17 Å². The van der Waals surface area contributed by atoms with Gasteiger partial charge in [-0.2, -0.15) is 0 Å². The van der Waals surface area contributed by atoms with Gasteiger partial charge >= 0.3 is 6.36 Å². The molecule has 0 fully saturated rings. The van der Waals surface area contributed by atoms with E-state index in [-0.39, 0.29) is 22.3 Å². The van der Waals surface area contributed by atoms with Crippen LogP contribution < -0.4 is 15.0 Å². The molecule has 0 spiro atoms. The first kappa shape index (κ1) is 26.6. The zero-order valence-corrected chi connectivity index (χ0v) is 21.0. The zero-order valence-electron chi connectivity index (χ0n) is 18.6. The number of amides is 2. The van der Waals surface area contributed by atoms with Gasteiger partial charge in [-0.3, -0.25) is 14.5 Å². The number of amidine groups is 1. The minimum atomic E-state index is -4.81. The topological polar surface area (TPSA) is 71.0 Å². The number of halogens is 5. The number of para-hydroxylation sites is 1. The third kappa shape index (κ3) is 7.06. The van der Waals surface area contributed by atoms with Crippen molar-refractivity contribution in [2.24, 2.45) is 4.99 Å². The number of carbonyl (C=O) groups excluding carboxylic acids is 2. The molecular weight excluding hydrogens is 550 g/mol. The molecule has 0 unspecified atom stereocenters. The van der Waals surface area contributed by atoms with E-state index in [1.165, 1.54) is 23.1 Å². The SMILES string of the molecule is O=C(CSC1=N/C(=C/c2ccc(Cl)cc2Cl)C(=O)N1c1ccccc1)Nc1ccc(OC(F)(F)F)cc1. The lowest BCUT2D eigenvalue weighted by atomic mass is 10.2. The Balaban J connectivity index is 1.50. The number of aliphatic imine (C=N–C) groups is 1. The quantitative estimate of drug-likeness (QED) is 0.326. The summed E-state index contributed by atoms with van der Waals surface area (Å²) < 4.78 is 40.8. The van der Waals surface area contributed by atoms with Gasteiger partial charge in [0.25, 0.3) is 5.91 Å². The van der Waals surface area contributed by atoms with Crippen molar-refractivity contribution in [1.82, 2.24) is 0 Å². The second-order valence-corrected chi connectivity index (χ2v) is 9.26. The Bertz CT molecular complexity index is 1380. The molecule has 3 aromatic carbocycles. The van der Waals surface area contributed by atoms with Crippen molar-refractivity contribution in [3.05, 3.63) is 94.1 Å². The normalized spacial score (nSPS) is 14.6. The van der Waals surface area contributed by atoms with Gasteiger partial charge in [-0.1, -0.05) is 59.2 Å². The predicted octanol–water partition coefficient (Wildman–Crippen LogP) is 7.01. The van der Waals surface area contributed by atoms with Crippen LogP contribution in [-0.4, -0.2) is 29.1 Å². The van der Waals surface area contributed by atoms with E-state index < -0.39 is 23.9 Å². The maximum Gasteiger partial charge on any atom is 0.573 e. The first-order valence-corrected chi connectivity index (χ1v) is 12.3. The van der Waals surface area contributed by atoms with Crippen molar-refractivity contribution in [1.29, 1.82) is 0 Å². The number of thioether (sulfide) groups is 1. The van der Waals surface area contributed by atoms with Crippen LogP contribution in [0.2, 0.25) is 10.0 Å². The van der Waals surface area contributed by atoms with Gasteiger partial charge in [-0.15, -0.1) is 13.2 Å². The van der Waals surface area contributed by atoms with Gasteiger partial charge in [0, 0.05) is 15.7 Å². The molecule has 0 saturated carbocycles. The number of carbonyl (C=O) groups is 2.